The summed E-state index contributed by atoms with van der Waals surface area (Å²) in [7, 11) is -3.59. The fourth-order valence-corrected chi connectivity index (χ4v) is 5.89. The van der Waals surface area contributed by atoms with E-state index >= 15 is 0 Å². The lowest BCUT2D eigenvalue weighted by molar-refractivity contribution is -0.123. The number of nitrogens with zero attached hydrogens (tertiary/aromatic N) is 2. The molecule has 0 unspecified atom stereocenters. The molecule has 0 spiro atoms. The molecule has 2 N–H and O–H groups in total. The summed E-state index contributed by atoms with van der Waals surface area (Å²) >= 11 is 12.3. The highest BCUT2D eigenvalue weighted by Crippen LogP contribution is 2.30. The Hall–Kier alpha value is -2.59. The van der Waals surface area contributed by atoms with Crippen molar-refractivity contribution >= 4 is 55.7 Å². The van der Waals surface area contributed by atoms with E-state index in [-0.39, 0.29) is 28.2 Å². The van der Waals surface area contributed by atoms with Crippen molar-refractivity contribution in [2.24, 2.45) is 0 Å². The van der Waals surface area contributed by atoms with Gasteiger partial charge >= 0.3 is 0 Å². The third-order valence-electron chi connectivity index (χ3n) is 5.68. The first kappa shape index (κ1) is 25.5. The molecule has 0 bridgehead atoms. The third-order valence-corrected chi connectivity index (χ3v) is 8.11. The van der Waals surface area contributed by atoms with Gasteiger partial charge < -0.3 is 15.4 Å². The highest BCUT2D eigenvalue weighted by Gasteiger charge is 2.26. The van der Waals surface area contributed by atoms with Crippen LogP contribution in [-0.2, 0) is 14.8 Å². The van der Waals surface area contributed by atoms with Gasteiger partial charge in [-0.15, -0.1) is 0 Å². The van der Waals surface area contributed by atoms with E-state index in [0.29, 0.717) is 31.2 Å². The van der Waals surface area contributed by atoms with E-state index in [4.69, 9.17) is 27.9 Å². The van der Waals surface area contributed by atoms with Crippen LogP contribution < -0.4 is 15.4 Å². The largest absolute Gasteiger partial charge is 0.482 e. The number of amides is 1. The number of rotatable bonds is 9. The zero-order valence-electron chi connectivity index (χ0n) is 19.0. The maximum Gasteiger partial charge on any atom is 0.258 e. The van der Waals surface area contributed by atoms with Crippen molar-refractivity contribution in [3.05, 3.63) is 58.7 Å². The number of carbonyl (C=O) groups excluding carboxylic acids is 1. The van der Waals surface area contributed by atoms with Crippen LogP contribution in [0, 0.1) is 0 Å². The Bertz CT molecular complexity index is 1310. The third kappa shape index (κ3) is 6.35. The molecular formula is C24H26Cl2N4O4S. The maximum atomic E-state index is 12.8. The fraction of sp³-hybridized carbons (Fsp3) is 0.333. The second-order valence-corrected chi connectivity index (χ2v) is 10.9. The average molecular weight is 537 g/mol. The molecule has 2 heterocycles. The number of sulfonamides is 1. The van der Waals surface area contributed by atoms with Gasteiger partial charge in [0.15, 0.2) is 6.61 Å². The van der Waals surface area contributed by atoms with Crippen LogP contribution in [0.4, 0.5) is 5.69 Å². The maximum absolute atomic E-state index is 12.8. The van der Waals surface area contributed by atoms with Crippen LogP contribution in [0.3, 0.4) is 0 Å². The number of benzene rings is 2. The summed E-state index contributed by atoms with van der Waals surface area (Å²) in [4.78, 5) is 16.6. The van der Waals surface area contributed by atoms with Crippen LogP contribution in [0.15, 0.2) is 53.6 Å². The Kier molecular flexibility index (Phi) is 8.33. The molecule has 1 aliphatic rings. The van der Waals surface area contributed by atoms with Crippen molar-refractivity contribution in [3.63, 3.8) is 0 Å². The zero-order chi connectivity index (χ0) is 24.8. The molecule has 11 heteroatoms. The lowest BCUT2D eigenvalue weighted by Crippen LogP contribution is -2.35. The Balaban J connectivity index is 1.25. The lowest BCUT2D eigenvalue weighted by Gasteiger charge is -2.26. The van der Waals surface area contributed by atoms with Gasteiger partial charge in [-0.1, -0.05) is 29.6 Å². The van der Waals surface area contributed by atoms with E-state index in [9.17, 15) is 13.2 Å². The first-order valence-electron chi connectivity index (χ1n) is 11.3. The molecule has 1 aromatic heterocycles. The lowest BCUT2D eigenvalue weighted by atomic mass is 10.2. The smallest absolute Gasteiger partial charge is 0.258 e. The first-order chi connectivity index (χ1) is 16.8. The summed E-state index contributed by atoms with van der Waals surface area (Å²) < 4.78 is 32.6. The summed E-state index contributed by atoms with van der Waals surface area (Å²) in [5.74, 6) is -0.0706. The van der Waals surface area contributed by atoms with E-state index in [0.717, 1.165) is 35.9 Å². The second-order valence-electron chi connectivity index (χ2n) is 8.14. The molecular weight excluding hydrogens is 511 g/mol. The monoisotopic (exact) mass is 536 g/mol. The topological polar surface area (TPSA) is 101 Å². The highest BCUT2D eigenvalue weighted by molar-refractivity contribution is 7.89. The van der Waals surface area contributed by atoms with Crippen molar-refractivity contribution in [3.8, 4) is 5.75 Å². The molecule has 1 aliphatic heterocycles. The van der Waals surface area contributed by atoms with Crippen LogP contribution >= 0.6 is 23.2 Å². The molecule has 1 saturated heterocycles. The van der Waals surface area contributed by atoms with Crippen LogP contribution in [0.2, 0.25) is 10.0 Å². The van der Waals surface area contributed by atoms with Crippen LogP contribution in [0.25, 0.3) is 10.9 Å². The quantitative estimate of drug-likeness (QED) is 0.395. The van der Waals surface area contributed by atoms with E-state index in [1.54, 1.807) is 18.3 Å². The number of nitrogens with one attached hydrogen (secondary N) is 2. The molecule has 1 fully saturated rings. The van der Waals surface area contributed by atoms with Crippen molar-refractivity contribution in [1.82, 2.24) is 14.6 Å². The van der Waals surface area contributed by atoms with Gasteiger partial charge in [-0.25, -0.2) is 8.42 Å². The minimum Gasteiger partial charge on any atom is -0.482 e. The van der Waals surface area contributed by atoms with Gasteiger partial charge in [0, 0.05) is 48.5 Å². The second kappa shape index (κ2) is 11.4. The van der Waals surface area contributed by atoms with Gasteiger partial charge in [-0.3, -0.25) is 9.78 Å². The van der Waals surface area contributed by atoms with Crippen molar-refractivity contribution < 1.29 is 17.9 Å². The number of halogens is 2. The van der Waals surface area contributed by atoms with E-state index in [1.165, 1.54) is 22.5 Å². The van der Waals surface area contributed by atoms with E-state index in [1.807, 2.05) is 12.1 Å². The normalized spacial score (nSPS) is 14.6. The minimum absolute atomic E-state index is 0.123. The molecule has 0 atom stereocenters. The number of hydrogen-bond donors (Lipinski definition) is 2. The number of hydrogen-bond acceptors (Lipinski definition) is 6. The Morgan fingerprint density at radius 3 is 2.60 bits per heavy atom. The highest BCUT2D eigenvalue weighted by atomic mass is 35.5. The number of carbonyl (C=O) groups is 1. The molecule has 8 nitrogen and oxygen atoms in total. The van der Waals surface area contributed by atoms with Gasteiger partial charge in [0.05, 0.1) is 15.4 Å². The molecule has 3 aromatic rings. The standard InChI is InChI=1S/C24H26Cl2N4O4S/c25-17-4-6-19-21(8-9-27-22(19)14-17)28-10-11-29-24(31)16-34-23-7-5-18(15-20(23)26)35(32,33)30-12-2-1-3-13-30/h4-9,14-15H,1-3,10-13,16H2,(H,27,28)(H,29,31). The Labute approximate surface area is 214 Å². The zero-order valence-corrected chi connectivity index (χ0v) is 21.3. The molecule has 0 aliphatic carbocycles. The SMILES string of the molecule is O=C(COc1ccc(S(=O)(=O)N2CCCCC2)cc1Cl)NCCNc1ccnc2cc(Cl)ccc12. The Morgan fingerprint density at radius 1 is 1.03 bits per heavy atom. The van der Waals surface area contributed by atoms with Gasteiger partial charge in [-0.2, -0.15) is 4.31 Å². The number of pyridine rings is 1. The number of fused-ring (bicyclic) bond motifs is 1. The number of anilines is 1. The summed E-state index contributed by atoms with van der Waals surface area (Å²) in [5, 5.41) is 7.74. The summed E-state index contributed by atoms with van der Waals surface area (Å²) in [5.41, 5.74) is 1.68. The number of ether oxygens (including phenoxy) is 1. The van der Waals surface area contributed by atoms with E-state index < -0.39 is 10.0 Å². The Morgan fingerprint density at radius 2 is 1.83 bits per heavy atom. The van der Waals surface area contributed by atoms with Crippen LogP contribution in [-0.4, -0.2) is 56.4 Å². The summed E-state index contributed by atoms with van der Waals surface area (Å²) in [6, 6.07) is 11.7. The predicted octanol–water partition coefficient (Wildman–Crippen LogP) is 4.32. The van der Waals surface area contributed by atoms with Crippen molar-refractivity contribution in [2.75, 3.05) is 38.1 Å². The van der Waals surface area contributed by atoms with Crippen LogP contribution in [0.1, 0.15) is 19.3 Å². The van der Waals surface area contributed by atoms with Crippen LogP contribution in [0.5, 0.6) is 5.75 Å². The van der Waals surface area contributed by atoms with Gasteiger partial charge in [0.25, 0.3) is 5.91 Å². The van der Waals surface area contributed by atoms with E-state index in [2.05, 4.69) is 15.6 Å². The van der Waals surface area contributed by atoms with Crippen molar-refractivity contribution in [2.45, 2.75) is 24.2 Å². The van der Waals surface area contributed by atoms with Gasteiger partial charge in [-0.05, 0) is 55.3 Å². The van der Waals surface area contributed by atoms with Crippen molar-refractivity contribution in [1.29, 1.82) is 0 Å². The summed E-state index contributed by atoms with van der Waals surface area (Å²) in [6.07, 6.45) is 4.44. The molecule has 2 aromatic carbocycles. The summed E-state index contributed by atoms with van der Waals surface area (Å²) in [6.45, 7) is 1.66. The molecule has 1 amide bonds. The fourth-order valence-electron chi connectivity index (χ4n) is 3.88. The van der Waals surface area contributed by atoms with Gasteiger partial charge in [0.1, 0.15) is 5.75 Å². The molecule has 35 heavy (non-hydrogen) atoms. The van der Waals surface area contributed by atoms with Gasteiger partial charge in [0.2, 0.25) is 10.0 Å². The number of aromatic nitrogens is 1. The minimum atomic E-state index is -3.59. The predicted molar refractivity (Wildman–Crippen MR) is 138 cm³/mol. The first-order valence-corrected chi connectivity index (χ1v) is 13.5. The average Bonchev–Trinajstić information content (AvgIpc) is 2.86. The molecule has 186 valence electrons. The molecule has 4 rings (SSSR count). The molecule has 0 radical (unpaired) electrons. The number of piperidine rings is 1. The molecule has 0 saturated carbocycles.